The Morgan fingerprint density at radius 1 is 1.42 bits per heavy atom. The van der Waals surface area contributed by atoms with Crippen molar-refractivity contribution in [1.29, 1.82) is 0 Å². The van der Waals surface area contributed by atoms with Crippen LogP contribution in [0.25, 0.3) is 0 Å². The molecule has 0 aromatic rings. The summed E-state index contributed by atoms with van der Waals surface area (Å²) in [6.45, 7) is 8.09. The van der Waals surface area contributed by atoms with Crippen molar-refractivity contribution >= 4 is 5.78 Å². The van der Waals surface area contributed by atoms with Gasteiger partial charge in [0, 0.05) is 6.42 Å². The molecule has 1 nitrogen and oxygen atoms in total. The van der Waals surface area contributed by atoms with Crippen LogP contribution in [0.3, 0.4) is 0 Å². The minimum Gasteiger partial charge on any atom is -0.300 e. The highest BCUT2D eigenvalue weighted by Gasteiger charge is 2.09. The Morgan fingerprint density at radius 2 is 2.00 bits per heavy atom. The zero-order valence-corrected chi connectivity index (χ0v) is 8.63. The van der Waals surface area contributed by atoms with Crippen LogP contribution in [0.1, 0.15) is 40.5 Å². The van der Waals surface area contributed by atoms with Crippen molar-refractivity contribution in [2.75, 3.05) is 0 Å². The Bertz CT molecular complexity index is 156. The molecule has 0 aromatic heterocycles. The molecule has 1 heteroatoms. The minimum absolute atomic E-state index is 0.296. The lowest BCUT2D eigenvalue weighted by atomic mass is 9.90. The maximum atomic E-state index is 10.8. The van der Waals surface area contributed by atoms with E-state index in [-0.39, 0.29) is 0 Å². The molecule has 0 saturated heterocycles. The van der Waals surface area contributed by atoms with Crippen LogP contribution in [-0.4, -0.2) is 5.78 Å². The molecule has 0 rings (SSSR count). The first-order chi connectivity index (χ1) is 5.57. The van der Waals surface area contributed by atoms with Gasteiger partial charge in [0.05, 0.1) is 0 Å². The van der Waals surface area contributed by atoms with Crippen LogP contribution >= 0.6 is 0 Å². The van der Waals surface area contributed by atoms with Crippen molar-refractivity contribution in [1.82, 2.24) is 0 Å². The predicted octanol–water partition coefficient (Wildman–Crippen LogP) is 3.20. The van der Waals surface area contributed by atoms with Crippen LogP contribution in [0, 0.1) is 11.8 Å². The summed E-state index contributed by atoms with van der Waals surface area (Å²) >= 11 is 0. The van der Waals surface area contributed by atoms with Gasteiger partial charge in [-0.15, -0.1) is 0 Å². The lowest BCUT2D eigenvalue weighted by molar-refractivity contribution is -0.117. The summed E-state index contributed by atoms with van der Waals surface area (Å²) in [6.07, 6.45) is 5.99. The SMILES string of the molecule is C/C=C\[C@@H](CCC(C)=O)C(C)C. The monoisotopic (exact) mass is 168 g/mol. The van der Waals surface area contributed by atoms with E-state index in [9.17, 15) is 4.79 Å². The van der Waals surface area contributed by atoms with Crippen molar-refractivity contribution in [3.05, 3.63) is 12.2 Å². The van der Waals surface area contributed by atoms with Crippen molar-refractivity contribution < 1.29 is 4.79 Å². The maximum Gasteiger partial charge on any atom is 0.129 e. The van der Waals surface area contributed by atoms with Gasteiger partial charge in [0.2, 0.25) is 0 Å². The quantitative estimate of drug-likeness (QED) is 0.576. The third-order valence-corrected chi connectivity index (χ3v) is 2.13. The fraction of sp³-hybridized carbons (Fsp3) is 0.727. The van der Waals surface area contributed by atoms with Gasteiger partial charge in [0.25, 0.3) is 0 Å². The molecule has 0 amide bonds. The summed E-state index contributed by atoms with van der Waals surface area (Å²) in [5.74, 6) is 1.50. The lowest BCUT2D eigenvalue weighted by Crippen LogP contribution is -2.07. The topological polar surface area (TPSA) is 17.1 Å². The molecule has 0 aliphatic heterocycles. The third-order valence-electron chi connectivity index (χ3n) is 2.13. The molecular formula is C11H20O. The summed E-state index contributed by atoms with van der Waals surface area (Å²) in [5.41, 5.74) is 0. The van der Waals surface area contributed by atoms with Crippen molar-refractivity contribution in [3.8, 4) is 0 Å². The average Bonchev–Trinajstić information content (AvgIpc) is 1.96. The maximum absolute atomic E-state index is 10.8. The van der Waals surface area contributed by atoms with E-state index in [4.69, 9.17) is 0 Å². The van der Waals surface area contributed by atoms with Gasteiger partial charge in [-0.1, -0.05) is 26.0 Å². The summed E-state index contributed by atoms with van der Waals surface area (Å²) in [4.78, 5) is 10.8. The molecule has 0 unspecified atom stereocenters. The minimum atomic E-state index is 0.296. The highest BCUT2D eigenvalue weighted by molar-refractivity contribution is 5.75. The Kier molecular flexibility index (Phi) is 5.69. The molecule has 0 N–H and O–H groups in total. The largest absolute Gasteiger partial charge is 0.300 e. The summed E-state index contributed by atoms with van der Waals surface area (Å²) in [6, 6.07) is 0. The van der Waals surface area contributed by atoms with Gasteiger partial charge in [-0.3, -0.25) is 0 Å². The van der Waals surface area contributed by atoms with Crippen molar-refractivity contribution in [3.63, 3.8) is 0 Å². The van der Waals surface area contributed by atoms with Gasteiger partial charge in [-0.25, -0.2) is 0 Å². The van der Waals surface area contributed by atoms with Crippen LogP contribution in [0.15, 0.2) is 12.2 Å². The molecule has 0 fully saturated rings. The van der Waals surface area contributed by atoms with Crippen molar-refractivity contribution in [2.24, 2.45) is 11.8 Å². The normalized spacial score (nSPS) is 14.1. The molecule has 0 saturated carbocycles. The average molecular weight is 168 g/mol. The van der Waals surface area contributed by atoms with Crippen LogP contribution in [0.4, 0.5) is 0 Å². The zero-order valence-electron chi connectivity index (χ0n) is 8.63. The molecule has 0 spiro atoms. The first-order valence-corrected chi connectivity index (χ1v) is 4.70. The number of Topliss-reactive ketones (excluding diaryl/α,β-unsaturated/α-hetero) is 1. The van der Waals surface area contributed by atoms with Gasteiger partial charge >= 0.3 is 0 Å². The molecule has 0 aliphatic carbocycles. The fourth-order valence-electron chi connectivity index (χ4n) is 1.27. The molecule has 0 radical (unpaired) electrons. The Labute approximate surface area is 75.9 Å². The molecular weight excluding hydrogens is 148 g/mol. The Hall–Kier alpha value is -0.590. The predicted molar refractivity (Wildman–Crippen MR) is 53.1 cm³/mol. The third kappa shape index (κ3) is 5.11. The van der Waals surface area contributed by atoms with Gasteiger partial charge in [0.15, 0.2) is 0 Å². The molecule has 70 valence electrons. The first-order valence-electron chi connectivity index (χ1n) is 4.70. The van der Waals surface area contributed by atoms with E-state index in [2.05, 4.69) is 26.0 Å². The van der Waals surface area contributed by atoms with Crippen molar-refractivity contribution in [2.45, 2.75) is 40.5 Å². The Morgan fingerprint density at radius 3 is 2.33 bits per heavy atom. The number of allylic oxidation sites excluding steroid dienone is 2. The van der Waals surface area contributed by atoms with Crippen LogP contribution < -0.4 is 0 Å². The van der Waals surface area contributed by atoms with E-state index < -0.39 is 0 Å². The van der Waals surface area contributed by atoms with E-state index in [1.54, 1.807) is 6.92 Å². The van der Waals surface area contributed by atoms with Crippen LogP contribution in [-0.2, 0) is 4.79 Å². The number of hydrogen-bond acceptors (Lipinski definition) is 1. The summed E-state index contributed by atoms with van der Waals surface area (Å²) < 4.78 is 0. The van der Waals surface area contributed by atoms with Gasteiger partial charge < -0.3 is 4.79 Å². The number of hydrogen-bond donors (Lipinski definition) is 0. The Balaban J connectivity index is 3.87. The second-order valence-electron chi connectivity index (χ2n) is 3.67. The number of carbonyl (C=O) groups excluding carboxylic acids is 1. The molecule has 0 bridgehead atoms. The number of rotatable bonds is 5. The number of ketones is 1. The van der Waals surface area contributed by atoms with Gasteiger partial charge in [-0.2, -0.15) is 0 Å². The number of carbonyl (C=O) groups is 1. The van der Waals surface area contributed by atoms with E-state index in [1.807, 2.05) is 6.92 Å². The second kappa shape index (κ2) is 5.99. The molecule has 0 aromatic carbocycles. The van der Waals surface area contributed by atoms with Gasteiger partial charge in [0.1, 0.15) is 5.78 Å². The molecule has 12 heavy (non-hydrogen) atoms. The first kappa shape index (κ1) is 11.4. The summed E-state index contributed by atoms with van der Waals surface area (Å²) in [7, 11) is 0. The highest BCUT2D eigenvalue weighted by atomic mass is 16.1. The smallest absolute Gasteiger partial charge is 0.129 e. The standard InChI is InChI=1S/C11H20O/c1-5-6-11(9(2)3)8-7-10(4)12/h5-6,9,11H,7-8H2,1-4H3/b6-5-/t11-/m0/s1. The van der Waals surface area contributed by atoms with Gasteiger partial charge in [-0.05, 0) is 32.1 Å². The van der Waals surface area contributed by atoms with E-state index in [1.165, 1.54) is 0 Å². The van der Waals surface area contributed by atoms with E-state index in [0.29, 0.717) is 24.0 Å². The lowest BCUT2D eigenvalue weighted by Gasteiger charge is -2.15. The fourth-order valence-corrected chi connectivity index (χ4v) is 1.27. The molecule has 0 aliphatic rings. The van der Waals surface area contributed by atoms with Crippen LogP contribution in [0.2, 0.25) is 0 Å². The van der Waals surface area contributed by atoms with Crippen LogP contribution in [0.5, 0.6) is 0 Å². The second-order valence-corrected chi connectivity index (χ2v) is 3.67. The van der Waals surface area contributed by atoms with E-state index in [0.717, 1.165) is 6.42 Å². The van der Waals surface area contributed by atoms with E-state index >= 15 is 0 Å². The zero-order chi connectivity index (χ0) is 9.56. The summed E-state index contributed by atoms with van der Waals surface area (Å²) in [5, 5.41) is 0. The molecule has 1 atom stereocenters. The molecule has 0 heterocycles. The highest BCUT2D eigenvalue weighted by Crippen LogP contribution is 2.18.